The van der Waals surface area contributed by atoms with Crippen molar-refractivity contribution in [2.75, 3.05) is 38.1 Å². The Balaban J connectivity index is 2.24. The van der Waals surface area contributed by atoms with Crippen LogP contribution < -0.4 is 14.4 Å². The average molecular weight is 288 g/mol. The van der Waals surface area contributed by atoms with Gasteiger partial charge in [0.25, 0.3) is 0 Å². The second kappa shape index (κ2) is 6.25. The van der Waals surface area contributed by atoms with Crippen LogP contribution in [0.25, 0.3) is 0 Å². The van der Waals surface area contributed by atoms with Gasteiger partial charge in [-0.1, -0.05) is 0 Å². The van der Waals surface area contributed by atoms with E-state index >= 15 is 0 Å². The highest BCUT2D eigenvalue weighted by Crippen LogP contribution is 2.23. The third-order valence-corrected chi connectivity index (χ3v) is 3.21. The maximum Gasteiger partial charge on any atom is 0.232 e. The Morgan fingerprint density at radius 3 is 2.47 bits per heavy atom. The van der Waals surface area contributed by atoms with Crippen LogP contribution in [0.3, 0.4) is 0 Å². The molecule has 7 heteroatoms. The van der Waals surface area contributed by atoms with E-state index in [9.17, 15) is 0 Å². The fraction of sp³-hybridized carbons (Fsp3) is 0.667. The SMILES string of the molecule is COc1cc(OC)nc(N2CC(C)OC(CCl)C2)n1. The van der Waals surface area contributed by atoms with Gasteiger partial charge in [0.2, 0.25) is 17.7 Å². The summed E-state index contributed by atoms with van der Waals surface area (Å²) < 4.78 is 16.0. The summed E-state index contributed by atoms with van der Waals surface area (Å²) in [6.07, 6.45) is 0.0597. The van der Waals surface area contributed by atoms with Gasteiger partial charge in [0.15, 0.2) is 0 Å². The van der Waals surface area contributed by atoms with E-state index in [0.29, 0.717) is 36.7 Å². The van der Waals surface area contributed by atoms with Crippen molar-refractivity contribution in [1.82, 2.24) is 9.97 Å². The zero-order chi connectivity index (χ0) is 13.8. The highest BCUT2D eigenvalue weighted by molar-refractivity contribution is 6.18. The van der Waals surface area contributed by atoms with Gasteiger partial charge in [-0.05, 0) is 6.92 Å². The largest absolute Gasteiger partial charge is 0.481 e. The van der Waals surface area contributed by atoms with E-state index in [1.807, 2.05) is 11.8 Å². The lowest BCUT2D eigenvalue weighted by molar-refractivity contribution is -0.00389. The number of hydrogen-bond acceptors (Lipinski definition) is 6. The van der Waals surface area contributed by atoms with Gasteiger partial charge in [-0.3, -0.25) is 0 Å². The molecule has 0 aromatic carbocycles. The van der Waals surface area contributed by atoms with Gasteiger partial charge in [-0.2, -0.15) is 9.97 Å². The van der Waals surface area contributed by atoms with Crippen LogP contribution in [-0.2, 0) is 4.74 Å². The minimum Gasteiger partial charge on any atom is -0.481 e. The molecule has 6 nitrogen and oxygen atoms in total. The third-order valence-electron chi connectivity index (χ3n) is 2.87. The van der Waals surface area contributed by atoms with E-state index in [0.717, 1.165) is 0 Å². The zero-order valence-corrected chi connectivity index (χ0v) is 12.1. The van der Waals surface area contributed by atoms with Crippen LogP contribution in [0.2, 0.25) is 0 Å². The van der Waals surface area contributed by atoms with Gasteiger partial charge < -0.3 is 19.1 Å². The molecular formula is C12H18ClN3O3. The lowest BCUT2D eigenvalue weighted by Crippen LogP contribution is -2.48. The van der Waals surface area contributed by atoms with Crippen molar-refractivity contribution in [2.24, 2.45) is 0 Å². The summed E-state index contributed by atoms with van der Waals surface area (Å²) in [4.78, 5) is 10.7. The number of alkyl halides is 1. The molecular weight excluding hydrogens is 270 g/mol. The molecule has 0 radical (unpaired) electrons. The highest BCUT2D eigenvalue weighted by atomic mass is 35.5. The van der Waals surface area contributed by atoms with Gasteiger partial charge >= 0.3 is 0 Å². The minimum atomic E-state index is -0.0220. The van der Waals surface area contributed by atoms with Crippen molar-refractivity contribution in [3.8, 4) is 11.8 Å². The molecule has 0 spiro atoms. The van der Waals surface area contributed by atoms with Crippen molar-refractivity contribution < 1.29 is 14.2 Å². The maximum absolute atomic E-state index is 5.87. The standard InChI is InChI=1S/C12H18ClN3O3/c1-8-6-16(7-9(5-13)19-8)12-14-10(17-2)4-11(15-12)18-3/h4,8-9H,5-7H2,1-3H3. The first kappa shape index (κ1) is 14.1. The molecule has 19 heavy (non-hydrogen) atoms. The molecule has 2 atom stereocenters. The fourth-order valence-electron chi connectivity index (χ4n) is 2.04. The summed E-state index contributed by atoms with van der Waals surface area (Å²) in [6, 6.07) is 1.65. The quantitative estimate of drug-likeness (QED) is 0.779. The zero-order valence-electron chi connectivity index (χ0n) is 11.3. The summed E-state index contributed by atoms with van der Waals surface area (Å²) in [5, 5.41) is 0. The number of hydrogen-bond donors (Lipinski definition) is 0. The predicted octanol–water partition coefficient (Wildman–Crippen LogP) is 1.33. The molecule has 1 aliphatic heterocycles. The highest BCUT2D eigenvalue weighted by Gasteiger charge is 2.27. The number of methoxy groups -OCH3 is 2. The average Bonchev–Trinajstić information content (AvgIpc) is 2.45. The van der Waals surface area contributed by atoms with Crippen molar-refractivity contribution in [3.63, 3.8) is 0 Å². The number of halogens is 1. The summed E-state index contributed by atoms with van der Waals surface area (Å²) in [5.74, 6) is 1.97. The van der Waals surface area contributed by atoms with Crippen LogP contribution in [-0.4, -0.2) is 55.4 Å². The molecule has 0 bridgehead atoms. The van der Waals surface area contributed by atoms with Crippen LogP contribution in [0.15, 0.2) is 6.07 Å². The monoisotopic (exact) mass is 287 g/mol. The molecule has 1 fully saturated rings. The second-order valence-electron chi connectivity index (χ2n) is 4.38. The summed E-state index contributed by atoms with van der Waals surface area (Å²) in [6.45, 7) is 3.37. The Bertz CT molecular complexity index is 410. The van der Waals surface area contributed by atoms with E-state index < -0.39 is 0 Å². The normalized spacial score (nSPS) is 23.3. The maximum atomic E-state index is 5.87. The van der Waals surface area contributed by atoms with Crippen LogP contribution in [0.4, 0.5) is 5.95 Å². The first-order chi connectivity index (χ1) is 9.16. The Labute approximate surface area is 117 Å². The summed E-state index contributed by atoms with van der Waals surface area (Å²) >= 11 is 5.87. The Hall–Kier alpha value is -1.27. The topological polar surface area (TPSA) is 56.7 Å². The van der Waals surface area contributed by atoms with Crippen molar-refractivity contribution in [2.45, 2.75) is 19.1 Å². The smallest absolute Gasteiger partial charge is 0.232 e. The van der Waals surface area contributed by atoms with Crippen LogP contribution in [0.5, 0.6) is 11.8 Å². The van der Waals surface area contributed by atoms with Gasteiger partial charge in [0.1, 0.15) is 0 Å². The Morgan fingerprint density at radius 1 is 1.32 bits per heavy atom. The number of ether oxygens (including phenoxy) is 3. The molecule has 0 saturated carbocycles. The lowest BCUT2D eigenvalue weighted by atomic mass is 10.2. The number of rotatable bonds is 4. The summed E-state index contributed by atoms with van der Waals surface area (Å²) in [7, 11) is 3.13. The molecule has 0 aliphatic carbocycles. The van der Waals surface area contributed by atoms with E-state index in [4.69, 9.17) is 25.8 Å². The molecule has 106 valence electrons. The third kappa shape index (κ3) is 3.39. The first-order valence-electron chi connectivity index (χ1n) is 6.09. The molecule has 1 aliphatic rings. The number of nitrogens with zero attached hydrogens (tertiary/aromatic N) is 3. The minimum absolute atomic E-state index is 0.0220. The Kier molecular flexibility index (Phi) is 4.66. The molecule has 1 saturated heterocycles. The van der Waals surface area contributed by atoms with Gasteiger partial charge in [-0.25, -0.2) is 0 Å². The van der Waals surface area contributed by atoms with E-state index in [1.54, 1.807) is 20.3 Å². The first-order valence-corrected chi connectivity index (χ1v) is 6.63. The number of anilines is 1. The molecule has 1 aromatic heterocycles. The number of morpholine rings is 1. The summed E-state index contributed by atoms with van der Waals surface area (Å²) in [5.41, 5.74) is 0. The van der Waals surface area contributed by atoms with Crippen molar-refractivity contribution >= 4 is 17.5 Å². The van der Waals surface area contributed by atoms with Gasteiger partial charge in [0, 0.05) is 13.1 Å². The number of aromatic nitrogens is 2. The van der Waals surface area contributed by atoms with Crippen LogP contribution >= 0.6 is 11.6 Å². The van der Waals surface area contributed by atoms with Crippen LogP contribution in [0.1, 0.15) is 6.92 Å². The van der Waals surface area contributed by atoms with E-state index in [-0.39, 0.29) is 12.2 Å². The van der Waals surface area contributed by atoms with Gasteiger partial charge in [0.05, 0.1) is 38.4 Å². The predicted molar refractivity (Wildman–Crippen MR) is 72.4 cm³/mol. The molecule has 0 N–H and O–H groups in total. The van der Waals surface area contributed by atoms with E-state index in [1.165, 1.54) is 0 Å². The van der Waals surface area contributed by atoms with Crippen molar-refractivity contribution in [3.05, 3.63) is 6.07 Å². The van der Waals surface area contributed by atoms with Gasteiger partial charge in [-0.15, -0.1) is 11.6 Å². The molecule has 2 unspecified atom stereocenters. The molecule has 2 heterocycles. The molecule has 2 rings (SSSR count). The molecule has 1 aromatic rings. The van der Waals surface area contributed by atoms with Crippen LogP contribution in [0, 0.1) is 0 Å². The molecule has 0 amide bonds. The van der Waals surface area contributed by atoms with E-state index in [2.05, 4.69) is 9.97 Å². The lowest BCUT2D eigenvalue weighted by Gasteiger charge is -2.36. The van der Waals surface area contributed by atoms with Crippen molar-refractivity contribution in [1.29, 1.82) is 0 Å². The fourth-order valence-corrected chi connectivity index (χ4v) is 2.21. The second-order valence-corrected chi connectivity index (χ2v) is 4.69. The Morgan fingerprint density at radius 2 is 1.95 bits per heavy atom.